The van der Waals surface area contributed by atoms with E-state index in [-0.39, 0.29) is 35.2 Å². The number of rotatable bonds is 11. The van der Waals surface area contributed by atoms with Gasteiger partial charge in [0.25, 0.3) is 0 Å². The molecule has 13 heteroatoms. The maximum atomic E-state index is 14.3. The molecule has 0 aliphatic rings. The van der Waals surface area contributed by atoms with Crippen molar-refractivity contribution in [2.45, 2.75) is 5.16 Å². The first kappa shape index (κ1) is 32.1. The van der Waals surface area contributed by atoms with E-state index < -0.39 is 11.9 Å². The summed E-state index contributed by atoms with van der Waals surface area (Å²) in [5.74, 6) is 0.894. The van der Waals surface area contributed by atoms with Crippen molar-refractivity contribution in [1.29, 1.82) is 0 Å². The van der Waals surface area contributed by atoms with Gasteiger partial charge in [-0.1, -0.05) is 84.6 Å². The molecule has 0 unspecified atom stereocenters. The van der Waals surface area contributed by atoms with Gasteiger partial charge in [0.1, 0.15) is 23.0 Å². The minimum Gasteiger partial charge on any atom is -0.439 e. The fourth-order valence-electron chi connectivity index (χ4n) is 4.60. The van der Waals surface area contributed by atoms with Crippen molar-refractivity contribution in [3.05, 3.63) is 139 Å². The monoisotopic (exact) mass is 686 g/mol. The summed E-state index contributed by atoms with van der Waals surface area (Å²) in [6, 6.07) is 35.3. The third kappa shape index (κ3) is 8.14. The van der Waals surface area contributed by atoms with Crippen molar-refractivity contribution in [3.63, 3.8) is 0 Å². The highest BCUT2D eigenvalue weighted by atomic mass is 32.2. The van der Waals surface area contributed by atoms with Gasteiger partial charge in [0.05, 0.1) is 18.2 Å². The minimum absolute atomic E-state index is 0.0311. The number of hydrogen-bond acceptors (Lipinski definition) is 11. The molecule has 0 fully saturated rings. The molecule has 3 heterocycles. The maximum Gasteiger partial charge on any atom is 0.227 e. The Morgan fingerprint density at radius 3 is 1.18 bits per heavy atom. The Labute approximate surface area is 288 Å². The fraction of sp³-hybridized carbons (Fsp3) is 0.0270. The normalized spacial score (nSPS) is 10.8. The van der Waals surface area contributed by atoms with E-state index in [1.54, 1.807) is 72.8 Å². The molecule has 7 rings (SSSR count). The van der Waals surface area contributed by atoms with Gasteiger partial charge >= 0.3 is 0 Å². The molecule has 50 heavy (non-hydrogen) atoms. The molecule has 0 spiro atoms. The van der Waals surface area contributed by atoms with E-state index in [9.17, 15) is 8.78 Å². The van der Waals surface area contributed by atoms with Crippen LogP contribution in [0.15, 0.2) is 133 Å². The summed E-state index contributed by atoms with van der Waals surface area (Å²) in [6.45, 7) is 0. The molecule has 246 valence electrons. The highest BCUT2D eigenvalue weighted by Crippen LogP contribution is 2.33. The summed E-state index contributed by atoms with van der Waals surface area (Å²) in [5.41, 5.74) is 1.30. The molecule has 0 N–H and O–H groups in total. The van der Waals surface area contributed by atoms with Crippen LogP contribution in [0.25, 0.3) is 22.8 Å². The lowest BCUT2D eigenvalue weighted by Crippen LogP contribution is -1.98. The quantitative estimate of drug-likeness (QED) is 0.0736. The van der Waals surface area contributed by atoms with Gasteiger partial charge in [0.15, 0.2) is 16.8 Å². The van der Waals surface area contributed by atoms with Gasteiger partial charge in [-0.2, -0.15) is 38.7 Å². The van der Waals surface area contributed by atoms with E-state index in [0.717, 1.165) is 12.1 Å². The van der Waals surface area contributed by atoms with Crippen LogP contribution in [0.5, 0.6) is 46.5 Å². The van der Waals surface area contributed by atoms with E-state index in [4.69, 9.17) is 18.9 Å². The smallest absolute Gasteiger partial charge is 0.227 e. The number of aromatic nitrogens is 6. The van der Waals surface area contributed by atoms with Crippen molar-refractivity contribution < 1.29 is 27.7 Å². The molecule has 10 nitrogen and oxygen atoms in total. The molecule has 7 aromatic rings. The standard InChI is InChI=1S/C37H24F2N6O4S/c1-50-37-44-33(48-27-16-8-14-25(18-27)46-31-20-29(38)40-35(42-31)23-10-4-2-5-11-23)22-34(45-37)49-28-17-9-15-26(19-28)47-32-21-30(39)41-36(43-32)24-12-6-3-7-13-24/h2-22H,1H3. The molecule has 0 radical (unpaired) electrons. The van der Waals surface area contributed by atoms with Crippen LogP contribution in [0.4, 0.5) is 8.78 Å². The summed E-state index contributed by atoms with van der Waals surface area (Å²) in [6.07, 6.45) is 1.82. The van der Waals surface area contributed by atoms with Gasteiger partial charge in [-0.15, -0.1) is 0 Å². The Morgan fingerprint density at radius 2 is 0.800 bits per heavy atom. The average molecular weight is 687 g/mol. The van der Waals surface area contributed by atoms with Crippen molar-refractivity contribution >= 4 is 11.8 Å². The van der Waals surface area contributed by atoms with Crippen LogP contribution >= 0.6 is 11.8 Å². The zero-order valence-corrected chi connectivity index (χ0v) is 26.9. The Kier molecular flexibility index (Phi) is 9.47. The van der Waals surface area contributed by atoms with Gasteiger partial charge in [0, 0.05) is 23.3 Å². The summed E-state index contributed by atoms with van der Waals surface area (Å²) in [4.78, 5) is 25.3. The van der Waals surface area contributed by atoms with E-state index in [0.29, 0.717) is 39.3 Å². The van der Waals surface area contributed by atoms with Gasteiger partial charge in [0.2, 0.25) is 35.4 Å². The van der Waals surface area contributed by atoms with Crippen molar-refractivity contribution in [2.75, 3.05) is 6.26 Å². The molecule has 4 aromatic carbocycles. The topological polar surface area (TPSA) is 114 Å². The molecule has 0 bridgehead atoms. The molecular formula is C37H24F2N6O4S. The molecule has 0 amide bonds. The lowest BCUT2D eigenvalue weighted by molar-refractivity contribution is 0.415. The summed E-state index contributed by atoms with van der Waals surface area (Å²) in [5, 5.41) is 0.395. The molecule has 0 saturated carbocycles. The molecule has 0 aliphatic heterocycles. The Bertz CT molecular complexity index is 2110. The van der Waals surface area contributed by atoms with Gasteiger partial charge in [-0.05, 0) is 30.5 Å². The largest absolute Gasteiger partial charge is 0.439 e. The third-order valence-electron chi connectivity index (χ3n) is 6.75. The number of benzene rings is 4. The van der Waals surface area contributed by atoms with Crippen molar-refractivity contribution in [2.24, 2.45) is 0 Å². The second kappa shape index (κ2) is 14.7. The van der Waals surface area contributed by atoms with Crippen molar-refractivity contribution in [3.8, 4) is 69.3 Å². The van der Waals surface area contributed by atoms with Crippen LogP contribution in [0.2, 0.25) is 0 Å². The highest BCUT2D eigenvalue weighted by molar-refractivity contribution is 7.98. The second-order valence-corrected chi connectivity index (χ2v) is 11.1. The van der Waals surface area contributed by atoms with Gasteiger partial charge in [-0.3, -0.25) is 0 Å². The van der Waals surface area contributed by atoms with E-state index in [1.165, 1.54) is 17.8 Å². The Morgan fingerprint density at radius 1 is 0.420 bits per heavy atom. The maximum absolute atomic E-state index is 14.3. The predicted octanol–water partition coefficient (Wildman–Crippen LogP) is 9.56. The molecule has 3 aromatic heterocycles. The number of hydrogen-bond donors (Lipinski definition) is 0. The van der Waals surface area contributed by atoms with Crippen LogP contribution in [0.1, 0.15) is 0 Å². The molecule has 0 atom stereocenters. The number of halogens is 2. The number of ether oxygens (including phenoxy) is 4. The lowest BCUT2D eigenvalue weighted by atomic mass is 10.2. The SMILES string of the molecule is CSc1nc(Oc2cccc(Oc3cc(F)nc(-c4ccccc4)n3)c2)cc(Oc2cccc(Oc3cc(F)nc(-c4ccccc4)n3)c2)n1. The summed E-state index contributed by atoms with van der Waals surface area (Å²) < 4.78 is 52.5. The predicted molar refractivity (Wildman–Crippen MR) is 182 cm³/mol. The summed E-state index contributed by atoms with van der Waals surface area (Å²) >= 11 is 1.30. The lowest BCUT2D eigenvalue weighted by Gasteiger charge is -2.12. The van der Waals surface area contributed by atoms with E-state index in [1.807, 2.05) is 42.7 Å². The van der Waals surface area contributed by atoms with Crippen LogP contribution in [-0.2, 0) is 0 Å². The first-order valence-corrected chi connectivity index (χ1v) is 16.2. The van der Waals surface area contributed by atoms with Crippen LogP contribution in [0, 0.1) is 11.9 Å². The first-order chi connectivity index (χ1) is 24.5. The third-order valence-corrected chi connectivity index (χ3v) is 7.30. The molecular weight excluding hydrogens is 663 g/mol. The first-order valence-electron chi connectivity index (χ1n) is 15.0. The van der Waals surface area contributed by atoms with E-state index >= 15 is 0 Å². The van der Waals surface area contributed by atoms with Crippen LogP contribution < -0.4 is 18.9 Å². The molecule has 0 aliphatic carbocycles. The zero-order chi connectivity index (χ0) is 34.3. The molecule has 0 saturated heterocycles. The van der Waals surface area contributed by atoms with Gasteiger partial charge in [-0.25, -0.2) is 0 Å². The minimum atomic E-state index is -0.725. The Hall–Kier alpha value is -6.47. The van der Waals surface area contributed by atoms with Crippen LogP contribution in [-0.4, -0.2) is 36.2 Å². The van der Waals surface area contributed by atoms with Crippen LogP contribution in [0.3, 0.4) is 0 Å². The Balaban J connectivity index is 1.07. The second-order valence-electron chi connectivity index (χ2n) is 10.3. The fourth-order valence-corrected chi connectivity index (χ4v) is 4.96. The highest BCUT2D eigenvalue weighted by Gasteiger charge is 2.13. The summed E-state index contributed by atoms with van der Waals surface area (Å²) in [7, 11) is 0. The van der Waals surface area contributed by atoms with E-state index in [2.05, 4.69) is 29.9 Å². The average Bonchev–Trinajstić information content (AvgIpc) is 3.12. The number of thioether (sulfide) groups is 1. The zero-order valence-electron chi connectivity index (χ0n) is 26.1. The number of nitrogens with zero attached hydrogens (tertiary/aromatic N) is 6. The van der Waals surface area contributed by atoms with Crippen molar-refractivity contribution in [1.82, 2.24) is 29.9 Å². The van der Waals surface area contributed by atoms with Gasteiger partial charge < -0.3 is 18.9 Å².